The van der Waals surface area contributed by atoms with Crippen LogP contribution in [0.2, 0.25) is 0 Å². The number of fused-ring (bicyclic) bond motifs is 21. The first-order valence-corrected chi connectivity index (χ1v) is 35.0. The Morgan fingerprint density at radius 2 is 0.673 bits per heavy atom. The molecule has 0 aliphatic carbocycles. The van der Waals surface area contributed by atoms with Crippen LogP contribution < -0.4 is 0 Å². The predicted octanol–water partition coefficient (Wildman–Crippen LogP) is 21.1. The molecule has 7 aliphatic rings. The van der Waals surface area contributed by atoms with Crippen LogP contribution in [0.5, 0.6) is 0 Å². The lowest BCUT2D eigenvalue weighted by Crippen LogP contribution is -1.94. The van der Waals surface area contributed by atoms with Gasteiger partial charge >= 0.3 is 0 Å². The topological polar surface area (TPSA) is 60.3 Å². The fourth-order valence-electron chi connectivity index (χ4n) is 15.8. The molecular formula is C89H89N9. The third kappa shape index (κ3) is 11.1. The van der Waals surface area contributed by atoms with E-state index in [1.54, 1.807) is 0 Å². The first kappa shape index (κ1) is 63.4. The van der Waals surface area contributed by atoms with Crippen LogP contribution in [0.3, 0.4) is 0 Å². The largest absolute Gasteiger partial charge is 0.323 e. The van der Waals surface area contributed by atoms with Gasteiger partial charge in [0.2, 0.25) is 0 Å². The second kappa shape index (κ2) is 25.4. The molecule has 7 aliphatic heterocycles. The minimum Gasteiger partial charge on any atom is -0.323 e. The Balaban J connectivity index is 0.0000000933. The maximum absolute atomic E-state index is 4.62. The number of hydrogen-bond acceptors (Lipinski definition) is 2. The highest BCUT2D eigenvalue weighted by Crippen LogP contribution is 2.38. The maximum Gasteiger partial charge on any atom is 0.118 e. The molecule has 9 heteroatoms. The number of para-hydroxylation sites is 8. The molecule has 0 unspecified atom stereocenters. The maximum atomic E-state index is 4.62. The van der Waals surface area contributed by atoms with Crippen molar-refractivity contribution in [3.05, 3.63) is 324 Å². The monoisotopic (exact) mass is 1280 g/mol. The van der Waals surface area contributed by atoms with Crippen LogP contribution in [0.15, 0.2) is 217 Å². The predicted molar refractivity (Wildman–Crippen MR) is 408 cm³/mol. The van der Waals surface area contributed by atoms with E-state index >= 15 is 0 Å². The number of aryl methyl sites for hydroxylation is 4. The van der Waals surface area contributed by atoms with Crippen molar-refractivity contribution in [2.75, 3.05) is 0 Å². The van der Waals surface area contributed by atoms with Crippen molar-refractivity contribution in [2.24, 2.45) is 0 Å². The third-order valence-electron chi connectivity index (χ3n) is 22.1. The summed E-state index contributed by atoms with van der Waals surface area (Å²) in [5, 5.41) is 2.76. The van der Waals surface area contributed by atoms with E-state index in [-0.39, 0.29) is 0 Å². The minimum atomic E-state index is 1.00. The van der Waals surface area contributed by atoms with E-state index in [2.05, 4.69) is 327 Å². The summed E-state index contributed by atoms with van der Waals surface area (Å²) in [4.78, 5) is 9.23. The van der Waals surface area contributed by atoms with E-state index in [1.165, 1.54) is 186 Å². The SMILES string of the molecule is CC1=C(C)n2c(nc3ccccc32)C1.CC1=C(C)n2c(nc3ccccc32)C1.CC1=C(C)n2cc3ccccc3c2C1.Cc1cc2n(c1C)-c1ccccc1C2.Cc1cc2n(c1C)-c1ccccc1C2.Cc1cn2c(c1C)Cc1ccccc1-2.Cc1cn2c(c1C)Cc1ccccc1-2. The van der Waals surface area contributed by atoms with Crippen LogP contribution in [-0.2, 0) is 44.9 Å². The van der Waals surface area contributed by atoms with Gasteiger partial charge in [-0.1, -0.05) is 121 Å². The molecule has 21 rings (SSSR count). The van der Waals surface area contributed by atoms with E-state index in [0.29, 0.717) is 0 Å². The standard InChI is InChI=1S/5C13H13N.2C12H12N2/c2*1-9-8-14-12-6-4-3-5-11(12)7-13(14)10(9)2;2*1-9-7-12-8-11-5-3-4-6-13(11)14(12)10(9)2;1-9-7-13-12-6-4-3-5-11(12)8-14(13)10(9)2;2*1-8-7-12-13-10-5-3-4-6-11(10)14(12)9(8)2/h2*3-6,8H,7H2,1-2H3;2*3-7H,8H2,1-2H3;3-6,8H,7H2,1-2H3;2*3-6H,7H2,1-2H3. The molecule has 0 N–H and O–H groups in total. The van der Waals surface area contributed by atoms with Gasteiger partial charge in [0.05, 0.1) is 22.1 Å². The summed E-state index contributed by atoms with van der Waals surface area (Å²) in [6.07, 6.45) is 14.2. The number of benzene rings is 7. The quantitative estimate of drug-likeness (QED) is 0.152. The average molecular weight is 1280 g/mol. The normalized spacial score (nSPS) is 13.8. The lowest BCUT2D eigenvalue weighted by atomic mass is 10.1. The molecule has 98 heavy (non-hydrogen) atoms. The number of aromatic nitrogens is 9. The molecule has 0 saturated carbocycles. The zero-order valence-corrected chi connectivity index (χ0v) is 59.5. The van der Waals surface area contributed by atoms with Crippen molar-refractivity contribution in [3.8, 4) is 22.7 Å². The smallest absolute Gasteiger partial charge is 0.118 e. The summed E-state index contributed by atoms with van der Waals surface area (Å²) >= 11 is 0. The van der Waals surface area contributed by atoms with Gasteiger partial charge in [0, 0.05) is 154 Å². The summed E-state index contributed by atoms with van der Waals surface area (Å²) in [7, 11) is 0. The Bertz CT molecular complexity index is 5290. The first-order valence-electron chi connectivity index (χ1n) is 35.0. The van der Waals surface area contributed by atoms with E-state index in [1.807, 2.05) is 12.1 Å². The van der Waals surface area contributed by atoms with Crippen molar-refractivity contribution in [2.45, 2.75) is 142 Å². The van der Waals surface area contributed by atoms with Crippen LogP contribution >= 0.6 is 0 Å². The van der Waals surface area contributed by atoms with Crippen LogP contribution in [-0.4, -0.2) is 41.9 Å². The first-order chi connectivity index (χ1) is 47.4. The molecule has 0 atom stereocenters. The fourth-order valence-corrected chi connectivity index (χ4v) is 15.8. The number of allylic oxidation sites excluding steroid dienone is 6. The molecular weight excluding hydrogens is 1200 g/mol. The van der Waals surface area contributed by atoms with Crippen molar-refractivity contribution < 1.29 is 0 Å². The van der Waals surface area contributed by atoms with Crippen molar-refractivity contribution >= 4 is 49.9 Å². The zero-order chi connectivity index (χ0) is 67.9. The molecule has 14 heterocycles. The highest BCUT2D eigenvalue weighted by Gasteiger charge is 2.26. The molecule has 14 aromatic rings. The minimum absolute atomic E-state index is 1.00. The van der Waals surface area contributed by atoms with Gasteiger partial charge in [0.1, 0.15) is 11.6 Å². The number of nitrogens with zero attached hydrogens (tertiary/aromatic N) is 9. The molecule has 0 saturated heterocycles. The summed E-state index contributed by atoms with van der Waals surface area (Å²) in [6, 6.07) is 64.5. The average Bonchev–Trinajstić information content (AvgIpc) is 1.68. The molecule has 0 bridgehead atoms. The van der Waals surface area contributed by atoms with Gasteiger partial charge in [-0.3, -0.25) is 0 Å². The van der Waals surface area contributed by atoms with Gasteiger partial charge < -0.3 is 32.0 Å². The van der Waals surface area contributed by atoms with Gasteiger partial charge in [-0.05, 0) is 230 Å². The Hall–Kier alpha value is -10.6. The van der Waals surface area contributed by atoms with Gasteiger partial charge in [-0.25, -0.2) is 9.97 Å². The molecule has 0 spiro atoms. The third-order valence-corrected chi connectivity index (χ3v) is 22.1. The summed E-state index contributed by atoms with van der Waals surface area (Å²) in [5.41, 5.74) is 42.8. The fraction of sp³-hybridized carbons (Fsp3) is 0.236. The van der Waals surface area contributed by atoms with Crippen molar-refractivity contribution in [3.63, 3.8) is 0 Å². The lowest BCUT2D eigenvalue weighted by molar-refractivity contribution is 0.990. The molecule has 0 amide bonds. The van der Waals surface area contributed by atoms with Gasteiger partial charge in [0.15, 0.2) is 0 Å². The molecule has 9 nitrogen and oxygen atoms in total. The molecule has 0 fully saturated rings. The van der Waals surface area contributed by atoms with E-state index in [9.17, 15) is 0 Å². The number of hydrogen-bond donors (Lipinski definition) is 0. The molecule has 7 aromatic carbocycles. The Morgan fingerprint density at radius 3 is 1.13 bits per heavy atom. The number of rotatable bonds is 0. The Kier molecular flexibility index (Phi) is 16.4. The second-order valence-electron chi connectivity index (χ2n) is 28.1. The summed E-state index contributed by atoms with van der Waals surface area (Å²) in [6.45, 7) is 30.7. The zero-order valence-electron chi connectivity index (χ0n) is 59.5. The molecule has 490 valence electrons. The Morgan fingerprint density at radius 1 is 0.296 bits per heavy atom. The molecule has 7 aromatic heterocycles. The van der Waals surface area contributed by atoms with Crippen molar-refractivity contribution in [1.82, 2.24) is 41.9 Å². The van der Waals surface area contributed by atoms with E-state index in [4.69, 9.17) is 0 Å². The van der Waals surface area contributed by atoms with Crippen LogP contribution in [0, 0.1) is 55.4 Å². The summed E-state index contributed by atoms with van der Waals surface area (Å²) < 4.78 is 16.3. The highest BCUT2D eigenvalue weighted by molar-refractivity contribution is 5.89. The number of imidazole rings is 2. The van der Waals surface area contributed by atoms with E-state index in [0.717, 1.165) is 56.0 Å². The van der Waals surface area contributed by atoms with Gasteiger partial charge in [-0.2, -0.15) is 0 Å². The van der Waals surface area contributed by atoms with Crippen molar-refractivity contribution in [1.29, 1.82) is 0 Å². The van der Waals surface area contributed by atoms with Crippen LogP contribution in [0.4, 0.5) is 0 Å². The highest BCUT2D eigenvalue weighted by atomic mass is 15.1. The Labute approximate surface area is 577 Å². The van der Waals surface area contributed by atoms with E-state index < -0.39 is 0 Å². The van der Waals surface area contributed by atoms with Gasteiger partial charge in [0.25, 0.3) is 0 Å². The second-order valence-corrected chi connectivity index (χ2v) is 28.1. The molecule has 0 radical (unpaired) electrons. The van der Waals surface area contributed by atoms with Crippen LogP contribution in [0.25, 0.3) is 72.7 Å². The summed E-state index contributed by atoms with van der Waals surface area (Å²) in [5.74, 6) is 2.36. The lowest BCUT2D eigenvalue weighted by Gasteiger charge is -2.05. The van der Waals surface area contributed by atoms with Gasteiger partial charge in [-0.15, -0.1) is 0 Å². The van der Waals surface area contributed by atoms with Crippen LogP contribution in [0.1, 0.15) is 149 Å².